The van der Waals surface area contributed by atoms with E-state index in [0.29, 0.717) is 17.2 Å². The summed E-state index contributed by atoms with van der Waals surface area (Å²) in [6.07, 6.45) is 0. The Hall–Kier alpha value is -1.46. The Morgan fingerprint density at radius 1 is 0.880 bits per heavy atom. The van der Waals surface area contributed by atoms with Gasteiger partial charge >= 0.3 is 18.9 Å². The SMILES string of the molecule is COc1cc(OC)c(PC(=O)c2c(C)cc(C)cc2C)c(OC)c1.[H-].[Li+]. The minimum absolute atomic E-state index is 0. The average Bonchev–Trinajstić information content (AvgIpc) is 2.53. The number of benzene rings is 2. The number of ether oxygens (including phenoxy) is 3. The van der Waals surface area contributed by atoms with Crippen LogP contribution in [0.3, 0.4) is 0 Å². The zero-order valence-electron chi connectivity index (χ0n) is 16.9. The van der Waals surface area contributed by atoms with Crippen LogP contribution in [0.1, 0.15) is 28.5 Å². The van der Waals surface area contributed by atoms with E-state index in [9.17, 15) is 4.79 Å². The van der Waals surface area contributed by atoms with Crippen LogP contribution in [-0.2, 0) is 0 Å². The number of hydrogen-bond donors (Lipinski definition) is 0. The van der Waals surface area contributed by atoms with E-state index < -0.39 is 0 Å². The van der Waals surface area contributed by atoms with Gasteiger partial charge in [0, 0.05) is 17.7 Å². The first-order chi connectivity index (χ1) is 11.4. The molecule has 0 aromatic heterocycles. The Balaban J connectivity index is 0.00000312. The summed E-state index contributed by atoms with van der Waals surface area (Å²) in [7, 11) is 4.65. The summed E-state index contributed by atoms with van der Waals surface area (Å²) in [6, 6.07) is 7.61. The van der Waals surface area contributed by atoms with Crippen molar-refractivity contribution in [3.8, 4) is 17.2 Å². The van der Waals surface area contributed by atoms with E-state index >= 15 is 0 Å². The summed E-state index contributed by atoms with van der Waals surface area (Å²) in [4.78, 5) is 12.9. The van der Waals surface area contributed by atoms with Gasteiger partial charge < -0.3 is 15.6 Å². The molecule has 1 unspecified atom stereocenters. The summed E-state index contributed by atoms with van der Waals surface area (Å²) in [6.45, 7) is 5.98. The average molecular weight is 354 g/mol. The second-order valence-electron chi connectivity index (χ2n) is 5.63. The maximum Gasteiger partial charge on any atom is 1.00 e. The van der Waals surface area contributed by atoms with Crippen molar-refractivity contribution in [1.29, 1.82) is 0 Å². The van der Waals surface area contributed by atoms with Gasteiger partial charge in [0.25, 0.3) is 0 Å². The topological polar surface area (TPSA) is 44.8 Å². The molecule has 0 saturated carbocycles. The minimum atomic E-state index is -0.0901. The normalized spacial score (nSPS) is 10.5. The first kappa shape index (κ1) is 21.6. The second-order valence-corrected chi connectivity index (χ2v) is 6.84. The van der Waals surface area contributed by atoms with Crippen molar-refractivity contribution in [2.75, 3.05) is 21.3 Å². The zero-order valence-corrected chi connectivity index (χ0v) is 16.9. The summed E-state index contributed by atoms with van der Waals surface area (Å²) in [5.41, 5.74) is 4.00. The van der Waals surface area contributed by atoms with Crippen LogP contribution in [0.15, 0.2) is 24.3 Å². The van der Waals surface area contributed by atoms with E-state index in [1.54, 1.807) is 33.5 Å². The molecule has 0 radical (unpaired) electrons. The molecule has 6 heteroatoms. The Morgan fingerprint density at radius 3 is 1.76 bits per heavy atom. The first-order valence-corrected chi connectivity index (χ1v) is 8.60. The number of methoxy groups -OCH3 is 3. The number of carbonyl (C=O) groups is 1. The van der Waals surface area contributed by atoms with E-state index in [0.717, 1.165) is 27.6 Å². The minimum Gasteiger partial charge on any atom is -1.00 e. The third-order valence-electron chi connectivity index (χ3n) is 3.86. The number of hydrogen-bond acceptors (Lipinski definition) is 4. The van der Waals surface area contributed by atoms with E-state index in [1.807, 2.05) is 32.9 Å². The summed E-state index contributed by atoms with van der Waals surface area (Å²) >= 11 is 0. The molecule has 130 valence electrons. The predicted molar refractivity (Wildman–Crippen MR) is 100 cm³/mol. The zero-order chi connectivity index (χ0) is 17.9. The largest absolute Gasteiger partial charge is 1.00 e. The maximum absolute atomic E-state index is 12.9. The Kier molecular flexibility index (Phi) is 8.02. The molecule has 25 heavy (non-hydrogen) atoms. The second kappa shape index (κ2) is 9.29. The smallest absolute Gasteiger partial charge is 1.00 e. The van der Waals surface area contributed by atoms with E-state index in [4.69, 9.17) is 14.2 Å². The molecule has 2 rings (SSSR count). The van der Waals surface area contributed by atoms with Gasteiger partial charge in [-0.3, -0.25) is 4.79 Å². The van der Waals surface area contributed by atoms with Crippen LogP contribution >= 0.6 is 8.58 Å². The molecular weight excluding hydrogens is 330 g/mol. The molecule has 2 aromatic carbocycles. The molecule has 0 aliphatic heterocycles. The molecule has 0 fully saturated rings. The molecule has 0 N–H and O–H groups in total. The fourth-order valence-corrected chi connectivity index (χ4v) is 4.18. The first-order valence-electron chi connectivity index (χ1n) is 7.60. The fourth-order valence-electron chi connectivity index (χ4n) is 2.84. The molecular formula is C19H24LiO4P. The van der Waals surface area contributed by atoms with Crippen LogP contribution in [0.25, 0.3) is 0 Å². The monoisotopic (exact) mass is 354 g/mol. The van der Waals surface area contributed by atoms with Crippen molar-refractivity contribution >= 4 is 19.4 Å². The molecule has 4 nitrogen and oxygen atoms in total. The molecule has 0 heterocycles. The fraction of sp³-hybridized carbons (Fsp3) is 0.316. The summed E-state index contributed by atoms with van der Waals surface area (Å²) in [5.74, 6) is 1.83. The molecule has 1 atom stereocenters. The Bertz CT molecular complexity index is 732. The van der Waals surface area contributed by atoms with Crippen molar-refractivity contribution in [2.24, 2.45) is 0 Å². The molecule has 0 amide bonds. The van der Waals surface area contributed by atoms with Crippen molar-refractivity contribution in [3.63, 3.8) is 0 Å². The standard InChI is InChI=1S/C19H23O4P.Li.H/c1-11-7-12(2)17(13(3)8-11)19(20)24-18-15(22-5)9-14(21-4)10-16(18)23-6;;/h7-10,24H,1-6H3;;/q;+1;-1. The van der Waals surface area contributed by atoms with Gasteiger partial charge in [0.1, 0.15) is 17.2 Å². The molecule has 0 aliphatic carbocycles. The van der Waals surface area contributed by atoms with Gasteiger partial charge in [-0.25, -0.2) is 0 Å². The van der Waals surface area contributed by atoms with E-state index in [1.165, 1.54) is 0 Å². The van der Waals surface area contributed by atoms with Crippen LogP contribution in [0.4, 0.5) is 0 Å². The number of aryl methyl sites for hydroxylation is 3. The van der Waals surface area contributed by atoms with Crippen molar-refractivity contribution in [2.45, 2.75) is 20.8 Å². The quantitative estimate of drug-likeness (QED) is 0.571. The van der Waals surface area contributed by atoms with Crippen LogP contribution in [-0.4, -0.2) is 26.9 Å². The Morgan fingerprint density at radius 2 is 1.36 bits per heavy atom. The maximum atomic E-state index is 12.9. The van der Waals surface area contributed by atoms with E-state index in [2.05, 4.69) is 0 Å². The molecule has 0 bridgehead atoms. The molecule has 0 spiro atoms. The molecule has 2 aromatic rings. The van der Waals surface area contributed by atoms with Crippen molar-refractivity contribution in [1.82, 2.24) is 0 Å². The molecule has 0 aliphatic rings. The van der Waals surface area contributed by atoms with E-state index in [-0.39, 0.29) is 34.4 Å². The predicted octanol–water partition coefficient (Wildman–Crippen LogP) is 0.898. The van der Waals surface area contributed by atoms with Gasteiger partial charge in [-0.2, -0.15) is 0 Å². The van der Waals surface area contributed by atoms with Crippen molar-refractivity contribution < 1.29 is 39.3 Å². The van der Waals surface area contributed by atoms with Gasteiger partial charge in [-0.15, -0.1) is 0 Å². The summed E-state index contributed by atoms with van der Waals surface area (Å²) in [5, 5.41) is 0.755. The van der Waals surface area contributed by atoms with Crippen LogP contribution in [0.2, 0.25) is 0 Å². The number of carbonyl (C=O) groups excluding carboxylic acids is 1. The molecule has 0 saturated heterocycles. The van der Waals surface area contributed by atoms with Crippen LogP contribution < -0.4 is 38.4 Å². The van der Waals surface area contributed by atoms with Gasteiger partial charge in [0.2, 0.25) is 0 Å². The van der Waals surface area contributed by atoms with Gasteiger partial charge in [-0.1, -0.05) is 17.7 Å². The van der Waals surface area contributed by atoms with Crippen LogP contribution in [0.5, 0.6) is 17.2 Å². The third kappa shape index (κ3) is 4.79. The van der Waals surface area contributed by atoms with Crippen LogP contribution in [0, 0.1) is 20.8 Å². The van der Waals surface area contributed by atoms with Gasteiger partial charge in [0.15, 0.2) is 5.52 Å². The van der Waals surface area contributed by atoms with Gasteiger partial charge in [0.05, 0.1) is 26.6 Å². The summed E-state index contributed by atoms with van der Waals surface area (Å²) < 4.78 is 16.1. The Labute approximate surface area is 164 Å². The third-order valence-corrected chi connectivity index (χ3v) is 5.08. The van der Waals surface area contributed by atoms with Gasteiger partial charge in [-0.05, 0) is 40.5 Å². The number of rotatable bonds is 6. The van der Waals surface area contributed by atoms with Crippen molar-refractivity contribution in [3.05, 3.63) is 46.5 Å².